The highest BCUT2D eigenvalue weighted by molar-refractivity contribution is 5.45. The van der Waals surface area contributed by atoms with Crippen LogP contribution in [-0.4, -0.2) is 42.8 Å². The van der Waals surface area contributed by atoms with Crippen LogP contribution in [0.2, 0.25) is 0 Å². The standard InChI is InChI=1S/C22H28N2O/c1-24(16-11-17-7-3-2-4-8-17)20-18-9-5-6-10-19(18)22(21(20)25)12-14-23-15-13-22/h2-10,20-21,23,25H,11-16H2,1H3/t20-,21+/m1/s1. The van der Waals surface area contributed by atoms with Crippen molar-refractivity contribution >= 4 is 0 Å². The van der Waals surface area contributed by atoms with Crippen molar-refractivity contribution in [3.63, 3.8) is 0 Å². The Balaban J connectivity index is 1.59. The second-order valence-electron chi connectivity index (χ2n) is 7.60. The molecule has 25 heavy (non-hydrogen) atoms. The minimum Gasteiger partial charge on any atom is -0.390 e. The first kappa shape index (κ1) is 16.8. The molecule has 1 aliphatic heterocycles. The van der Waals surface area contributed by atoms with Crippen LogP contribution in [0.1, 0.15) is 35.6 Å². The number of hydrogen-bond donors (Lipinski definition) is 2. The molecule has 1 saturated heterocycles. The smallest absolute Gasteiger partial charge is 0.0834 e. The summed E-state index contributed by atoms with van der Waals surface area (Å²) in [6.45, 7) is 2.94. The fourth-order valence-corrected chi connectivity index (χ4v) is 4.85. The first-order chi connectivity index (χ1) is 12.2. The first-order valence-corrected chi connectivity index (χ1v) is 9.45. The third-order valence-electron chi connectivity index (χ3n) is 6.25. The summed E-state index contributed by atoms with van der Waals surface area (Å²) in [5.41, 5.74) is 3.98. The van der Waals surface area contributed by atoms with Crippen molar-refractivity contribution in [3.05, 3.63) is 71.3 Å². The Labute approximate surface area is 150 Å². The van der Waals surface area contributed by atoms with Crippen molar-refractivity contribution in [1.29, 1.82) is 0 Å². The monoisotopic (exact) mass is 336 g/mol. The molecule has 2 atom stereocenters. The average Bonchev–Trinajstić information content (AvgIpc) is 2.90. The van der Waals surface area contributed by atoms with Gasteiger partial charge in [-0.2, -0.15) is 0 Å². The molecule has 3 nitrogen and oxygen atoms in total. The Bertz CT molecular complexity index is 709. The van der Waals surface area contributed by atoms with Crippen molar-refractivity contribution in [2.45, 2.75) is 36.8 Å². The van der Waals surface area contributed by atoms with Crippen LogP contribution in [0.4, 0.5) is 0 Å². The molecule has 2 aromatic rings. The van der Waals surface area contributed by atoms with Gasteiger partial charge in [-0.1, -0.05) is 54.6 Å². The Hall–Kier alpha value is -1.68. The number of hydrogen-bond acceptors (Lipinski definition) is 3. The lowest BCUT2D eigenvalue weighted by molar-refractivity contribution is 0.00693. The molecule has 0 bridgehead atoms. The molecule has 1 spiro atoms. The van der Waals surface area contributed by atoms with Crippen molar-refractivity contribution in [3.8, 4) is 0 Å². The van der Waals surface area contributed by atoms with Crippen LogP contribution in [0.5, 0.6) is 0 Å². The fourth-order valence-electron chi connectivity index (χ4n) is 4.85. The first-order valence-electron chi connectivity index (χ1n) is 9.45. The summed E-state index contributed by atoms with van der Waals surface area (Å²) in [5, 5.41) is 14.8. The number of benzene rings is 2. The van der Waals surface area contributed by atoms with Gasteiger partial charge in [-0.05, 0) is 56.1 Å². The van der Waals surface area contributed by atoms with E-state index in [-0.39, 0.29) is 17.6 Å². The van der Waals surface area contributed by atoms with Crippen LogP contribution in [-0.2, 0) is 11.8 Å². The van der Waals surface area contributed by atoms with Crippen molar-refractivity contribution in [2.24, 2.45) is 0 Å². The highest BCUT2D eigenvalue weighted by atomic mass is 16.3. The molecule has 2 aliphatic rings. The zero-order chi connectivity index (χ0) is 17.3. The lowest BCUT2D eigenvalue weighted by Crippen LogP contribution is -2.48. The molecule has 3 heteroatoms. The van der Waals surface area contributed by atoms with Crippen LogP contribution >= 0.6 is 0 Å². The van der Waals surface area contributed by atoms with Gasteiger partial charge in [-0.3, -0.25) is 4.90 Å². The second-order valence-corrected chi connectivity index (χ2v) is 7.60. The van der Waals surface area contributed by atoms with E-state index >= 15 is 0 Å². The van der Waals surface area contributed by atoms with E-state index in [0.717, 1.165) is 38.9 Å². The zero-order valence-electron chi connectivity index (χ0n) is 15.0. The molecule has 1 aliphatic carbocycles. The van der Waals surface area contributed by atoms with E-state index in [0.29, 0.717) is 0 Å². The molecule has 1 fully saturated rings. The van der Waals surface area contributed by atoms with Gasteiger partial charge in [0.05, 0.1) is 12.1 Å². The summed E-state index contributed by atoms with van der Waals surface area (Å²) in [4.78, 5) is 2.35. The Morgan fingerprint density at radius 1 is 1.04 bits per heavy atom. The molecule has 132 valence electrons. The maximum Gasteiger partial charge on any atom is 0.0834 e. The number of likely N-dealkylation sites (N-methyl/N-ethyl adjacent to an activating group) is 1. The number of piperidine rings is 1. The van der Waals surface area contributed by atoms with E-state index in [1.807, 2.05) is 0 Å². The van der Waals surface area contributed by atoms with E-state index in [9.17, 15) is 5.11 Å². The van der Waals surface area contributed by atoms with E-state index in [2.05, 4.69) is 71.9 Å². The van der Waals surface area contributed by atoms with Gasteiger partial charge in [0.15, 0.2) is 0 Å². The van der Waals surface area contributed by atoms with Crippen LogP contribution in [0.25, 0.3) is 0 Å². The predicted octanol–water partition coefficient (Wildman–Crippen LogP) is 2.90. The van der Waals surface area contributed by atoms with Crippen molar-refractivity contribution < 1.29 is 5.11 Å². The molecule has 2 N–H and O–H groups in total. The summed E-state index contributed by atoms with van der Waals surface area (Å²) >= 11 is 0. The van der Waals surface area contributed by atoms with Crippen LogP contribution in [0, 0.1) is 0 Å². The van der Waals surface area contributed by atoms with Gasteiger partial charge in [0.1, 0.15) is 0 Å². The molecule has 2 aromatic carbocycles. The number of fused-ring (bicyclic) bond motifs is 2. The predicted molar refractivity (Wildman–Crippen MR) is 102 cm³/mol. The molecular formula is C22H28N2O. The maximum atomic E-state index is 11.4. The molecule has 0 saturated carbocycles. The van der Waals surface area contributed by atoms with Gasteiger partial charge in [0.2, 0.25) is 0 Å². The maximum absolute atomic E-state index is 11.4. The summed E-state index contributed by atoms with van der Waals surface area (Å²) < 4.78 is 0. The normalized spacial score (nSPS) is 24.6. The van der Waals surface area contributed by atoms with Crippen LogP contribution in [0.15, 0.2) is 54.6 Å². The summed E-state index contributed by atoms with van der Waals surface area (Å²) in [5.74, 6) is 0. The summed E-state index contributed by atoms with van der Waals surface area (Å²) in [6, 6.07) is 19.4. The second kappa shape index (κ2) is 6.91. The molecule has 0 amide bonds. The topological polar surface area (TPSA) is 35.5 Å². The largest absolute Gasteiger partial charge is 0.390 e. The number of nitrogens with one attached hydrogen (secondary N) is 1. The Morgan fingerprint density at radius 3 is 2.48 bits per heavy atom. The zero-order valence-corrected chi connectivity index (χ0v) is 15.0. The third-order valence-corrected chi connectivity index (χ3v) is 6.25. The summed E-state index contributed by atoms with van der Waals surface area (Å²) in [7, 11) is 2.16. The average molecular weight is 336 g/mol. The minimum atomic E-state index is -0.326. The number of nitrogens with zero attached hydrogens (tertiary/aromatic N) is 1. The van der Waals surface area contributed by atoms with Gasteiger partial charge in [0, 0.05) is 12.0 Å². The van der Waals surface area contributed by atoms with E-state index in [1.165, 1.54) is 16.7 Å². The SMILES string of the molecule is CN(CCc1ccccc1)[C@@H]1c2ccccc2C2(CCNCC2)[C@H]1O. The molecule has 1 heterocycles. The quantitative estimate of drug-likeness (QED) is 0.901. The van der Waals surface area contributed by atoms with Gasteiger partial charge in [0.25, 0.3) is 0 Å². The summed E-state index contributed by atoms with van der Waals surface area (Å²) in [6.07, 6.45) is 2.73. The Morgan fingerprint density at radius 2 is 1.72 bits per heavy atom. The number of aliphatic hydroxyl groups is 1. The van der Waals surface area contributed by atoms with Crippen molar-refractivity contribution in [2.75, 3.05) is 26.7 Å². The molecule has 4 rings (SSSR count). The highest BCUT2D eigenvalue weighted by Crippen LogP contribution is 2.51. The van der Waals surface area contributed by atoms with Gasteiger partial charge in [-0.15, -0.1) is 0 Å². The molecular weight excluding hydrogens is 308 g/mol. The molecule has 0 aromatic heterocycles. The van der Waals surface area contributed by atoms with Crippen LogP contribution in [0.3, 0.4) is 0 Å². The van der Waals surface area contributed by atoms with Gasteiger partial charge in [-0.25, -0.2) is 0 Å². The minimum absolute atomic E-state index is 0.0759. The number of aliphatic hydroxyl groups excluding tert-OH is 1. The van der Waals surface area contributed by atoms with Gasteiger partial charge >= 0.3 is 0 Å². The van der Waals surface area contributed by atoms with E-state index < -0.39 is 0 Å². The molecule has 0 unspecified atom stereocenters. The highest BCUT2D eigenvalue weighted by Gasteiger charge is 2.52. The lowest BCUT2D eigenvalue weighted by atomic mass is 9.72. The van der Waals surface area contributed by atoms with E-state index in [1.54, 1.807) is 0 Å². The van der Waals surface area contributed by atoms with Gasteiger partial charge < -0.3 is 10.4 Å². The fraction of sp³-hybridized carbons (Fsp3) is 0.455. The number of rotatable bonds is 4. The lowest BCUT2D eigenvalue weighted by Gasteiger charge is -2.40. The van der Waals surface area contributed by atoms with E-state index in [4.69, 9.17) is 0 Å². The molecule has 0 radical (unpaired) electrons. The third kappa shape index (κ3) is 2.91. The Kier molecular flexibility index (Phi) is 4.63. The van der Waals surface area contributed by atoms with Crippen LogP contribution < -0.4 is 5.32 Å². The van der Waals surface area contributed by atoms with Crippen molar-refractivity contribution in [1.82, 2.24) is 10.2 Å².